The summed E-state index contributed by atoms with van der Waals surface area (Å²) in [4.78, 5) is 124. The highest BCUT2D eigenvalue weighted by Gasteiger charge is 2.57. The van der Waals surface area contributed by atoms with E-state index in [1.54, 1.807) is 48.5 Å². The van der Waals surface area contributed by atoms with Crippen molar-refractivity contribution in [3.63, 3.8) is 0 Å². The Kier molecular flexibility index (Phi) is 29.0. The Morgan fingerprint density at radius 3 is 1.00 bits per heavy atom. The summed E-state index contributed by atoms with van der Waals surface area (Å²) in [5.74, 6) is -12.3. The number of ether oxygens (including phenoxy) is 4. The van der Waals surface area contributed by atoms with E-state index in [4.69, 9.17) is 18.9 Å². The second-order valence-electron chi connectivity index (χ2n) is 23.5. The van der Waals surface area contributed by atoms with Gasteiger partial charge in [0.1, 0.15) is 24.4 Å². The standard InChI is InChI=1S/C68H80N6O24S2/c1-37(75)73-53-49(77)33-67(65(91)92,97-57(53)55(81)51(79)35-71-61(85)45-13-5-39(6-14-45)41-9-21-47(22-10-41)63(87)88)95-27-3-29-99-31-25-69-59(83)43-17-19-44(20-18-43)60(84)70-26-32-100-30-4-28-96-68(66(93)94)34-50(78)54(74-38(2)76)58(98-68)56(82)52(80)36-72-62(86)46-15-7-40(8-16-46)42-11-23-48(24-12-42)64(89)90/h5-24,49-58,77-82H,3-4,25-36H2,1-2H3,(H,69,83)(H,70,84)(H,71,85)(H,72,86)(H,73,75)(H,74,76)(H,87,88)(H,89,90)(H,91,92)(H,93,94)/t49-,50-,51+,52+,53+,54+,55+,56+,57+,58+,67+,68+/m0/s1. The minimum absolute atomic E-state index is 0.103. The van der Waals surface area contributed by atoms with Crippen molar-refractivity contribution >= 4 is 82.8 Å². The minimum Gasteiger partial charge on any atom is -0.478 e. The second kappa shape index (κ2) is 37.0. The van der Waals surface area contributed by atoms with E-state index in [1.165, 1.54) is 96.3 Å². The normalized spacial score (nSPS) is 21.6. The molecule has 32 heteroatoms. The lowest BCUT2D eigenvalue weighted by Crippen LogP contribution is -2.68. The molecule has 0 radical (unpaired) electrons. The molecule has 2 fully saturated rings. The number of aliphatic hydroxyl groups excluding tert-OH is 6. The van der Waals surface area contributed by atoms with Gasteiger partial charge in [-0.05, 0) is 119 Å². The molecule has 5 aromatic carbocycles. The van der Waals surface area contributed by atoms with E-state index in [0.29, 0.717) is 45.3 Å². The highest BCUT2D eigenvalue weighted by Crippen LogP contribution is 2.36. The van der Waals surface area contributed by atoms with E-state index in [9.17, 15) is 99.0 Å². The van der Waals surface area contributed by atoms with Crippen LogP contribution in [0.15, 0.2) is 121 Å². The molecule has 0 saturated carbocycles. The zero-order chi connectivity index (χ0) is 72.8. The van der Waals surface area contributed by atoms with Gasteiger partial charge in [0.15, 0.2) is 0 Å². The summed E-state index contributed by atoms with van der Waals surface area (Å²) in [7, 11) is 0. The Morgan fingerprint density at radius 2 is 0.720 bits per heavy atom. The van der Waals surface area contributed by atoms with Crippen molar-refractivity contribution in [2.24, 2.45) is 0 Å². The lowest BCUT2D eigenvalue weighted by atomic mass is 9.88. The topological polar surface area (TPSA) is 482 Å². The predicted octanol–water partition coefficient (Wildman–Crippen LogP) is 1.33. The van der Waals surface area contributed by atoms with Gasteiger partial charge in [0.25, 0.3) is 35.2 Å². The van der Waals surface area contributed by atoms with Crippen LogP contribution in [0.1, 0.15) is 102 Å². The number of aliphatic carboxylic acids is 2. The lowest BCUT2D eigenvalue weighted by Gasteiger charge is -2.46. The van der Waals surface area contributed by atoms with Gasteiger partial charge in [-0.25, -0.2) is 19.2 Å². The Morgan fingerprint density at radius 1 is 0.440 bits per heavy atom. The molecule has 30 nitrogen and oxygen atoms in total. The predicted molar refractivity (Wildman–Crippen MR) is 360 cm³/mol. The monoisotopic (exact) mass is 1430 g/mol. The number of nitrogens with one attached hydrogen (secondary N) is 6. The maximum atomic E-state index is 13.0. The van der Waals surface area contributed by atoms with Gasteiger partial charge in [-0.3, -0.25) is 28.8 Å². The van der Waals surface area contributed by atoms with Crippen LogP contribution in [0.3, 0.4) is 0 Å². The van der Waals surface area contributed by atoms with E-state index < -0.39 is 158 Å². The Balaban J connectivity index is 0.777. The first-order valence-electron chi connectivity index (χ1n) is 31.6. The van der Waals surface area contributed by atoms with Crippen molar-refractivity contribution in [2.75, 3.05) is 62.4 Å². The van der Waals surface area contributed by atoms with Crippen LogP contribution < -0.4 is 31.9 Å². The number of carbonyl (C=O) groups is 10. The van der Waals surface area contributed by atoms with Crippen LogP contribution in [0.25, 0.3) is 22.3 Å². The molecule has 6 amide bonds. The molecular weight excluding hydrogens is 1350 g/mol. The maximum absolute atomic E-state index is 13.0. The van der Waals surface area contributed by atoms with Gasteiger partial charge in [0, 0.05) is 86.6 Å². The third-order valence-electron chi connectivity index (χ3n) is 16.2. The molecule has 2 aliphatic rings. The van der Waals surface area contributed by atoms with E-state index in [1.807, 2.05) is 0 Å². The summed E-state index contributed by atoms with van der Waals surface area (Å²) in [6.45, 7) is 1.13. The van der Waals surface area contributed by atoms with Gasteiger partial charge < -0.3 is 102 Å². The lowest BCUT2D eigenvalue weighted by molar-refractivity contribution is -0.310. The molecule has 538 valence electrons. The summed E-state index contributed by atoms with van der Waals surface area (Å²) >= 11 is 2.80. The largest absolute Gasteiger partial charge is 0.478 e. The number of thioether (sulfide) groups is 2. The van der Waals surface area contributed by atoms with Gasteiger partial charge in [0.05, 0.1) is 60.8 Å². The van der Waals surface area contributed by atoms with E-state index in [2.05, 4.69) is 31.9 Å². The molecule has 16 N–H and O–H groups in total. The summed E-state index contributed by atoms with van der Waals surface area (Å²) in [6, 6.07) is 27.8. The van der Waals surface area contributed by atoms with Gasteiger partial charge >= 0.3 is 23.9 Å². The number of aliphatic hydroxyl groups is 6. The highest BCUT2D eigenvalue weighted by molar-refractivity contribution is 7.99. The molecule has 0 unspecified atom stereocenters. The molecule has 2 heterocycles. The molecule has 5 aromatic rings. The SMILES string of the molecule is CC(=O)N[C@H]1[C@H]([C@H](O)[C@H](O)CNC(=O)c2ccc(-c3ccc(C(=O)O)cc3)cc2)O[C@@](OCCCSCCNC(=O)c2ccc(C(=O)NCCSCCCO[C@]3(C(=O)O)C[C@H](O)[C@@H](NC(C)=O)[C@H]([C@H](O)[C@H](O)CNC(=O)c4ccc(-c5ccc(C(=O)O)cc5)cc4)O3)cc2)(C(=O)O)C[C@@H]1O. The molecule has 0 spiro atoms. The molecular formula is C68H80N6O24S2. The number of hydrogen-bond acceptors (Lipinski definition) is 22. The third kappa shape index (κ3) is 21.6. The van der Waals surface area contributed by atoms with Gasteiger partial charge in [-0.1, -0.05) is 48.5 Å². The fourth-order valence-electron chi connectivity index (χ4n) is 10.9. The summed E-state index contributed by atoms with van der Waals surface area (Å²) < 4.78 is 23.1. The zero-order valence-electron chi connectivity index (χ0n) is 54.2. The van der Waals surface area contributed by atoms with Crippen molar-refractivity contribution in [1.82, 2.24) is 31.9 Å². The number of benzene rings is 5. The molecule has 2 saturated heterocycles. The smallest absolute Gasteiger partial charge is 0.364 e. The van der Waals surface area contributed by atoms with Crippen LogP contribution in [0, 0.1) is 0 Å². The van der Waals surface area contributed by atoms with Crippen LogP contribution in [0.2, 0.25) is 0 Å². The molecule has 100 heavy (non-hydrogen) atoms. The maximum Gasteiger partial charge on any atom is 0.364 e. The van der Waals surface area contributed by atoms with Crippen LogP contribution in [0.4, 0.5) is 0 Å². The van der Waals surface area contributed by atoms with Crippen molar-refractivity contribution in [1.29, 1.82) is 0 Å². The molecule has 2 aliphatic heterocycles. The molecule has 0 aliphatic carbocycles. The molecule has 0 aromatic heterocycles. The molecule has 0 bridgehead atoms. The van der Waals surface area contributed by atoms with E-state index in [-0.39, 0.29) is 72.5 Å². The van der Waals surface area contributed by atoms with Crippen LogP contribution in [-0.2, 0) is 38.1 Å². The van der Waals surface area contributed by atoms with Crippen molar-refractivity contribution in [3.8, 4) is 22.3 Å². The third-order valence-corrected chi connectivity index (χ3v) is 18.3. The fourth-order valence-corrected chi connectivity index (χ4v) is 12.4. The first kappa shape index (κ1) is 78.4. The molecule has 12 atom stereocenters. The van der Waals surface area contributed by atoms with Gasteiger partial charge in [0.2, 0.25) is 11.8 Å². The average molecular weight is 1430 g/mol. The number of carboxylic acid groups (broad SMARTS) is 4. The van der Waals surface area contributed by atoms with Crippen molar-refractivity contribution < 1.29 is 118 Å². The summed E-state index contributed by atoms with van der Waals surface area (Å²) in [5.41, 5.74) is 3.85. The first-order valence-corrected chi connectivity index (χ1v) is 33.9. The number of amides is 6. The zero-order valence-corrected chi connectivity index (χ0v) is 55.9. The molecule has 7 rings (SSSR count). The number of carboxylic acids is 4. The van der Waals surface area contributed by atoms with Crippen LogP contribution >= 0.6 is 23.5 Å². The number of rotatable bonds is 36. The number of carbonyl (C=O) groups excluding carboxylic acids is 6. The Labute approximate surface area is 581 Å². The minimum atomic E-state index is -2.53. The van der Waals surface area contributed by atoms with E-state index in [0.717, 1.165) is 13.8 Å². The van der Waals surface area contributed by atoms with Crippen molar-refractivity contribution in [2.45, 2.75) is 112 Å². The quantitative estimate of drug-likeness (QED) is 0.0252. The fraction of sp³-hybridized carbons (Fsp3) is 0.412. The Hall–Kier alpha value is -8.90. The first-order chi connectivity index (χ1) is 47.6. The van der Waals surface area contributed by atoms with Crippen LogP contribution in [-0.4, -0.2) is 245 Å². The Bertz CT molecular complexity index is 3410. The van der Waals surface area contributed by atoms with E-state index >= 15 is 0 Å². The summed E-state index contributed by atoms with van der Waals surface area (Å²) in [6.07, 6.45) is -15.2. The van der Waals surface area contributed by atoms with Crippen molar-refractivity contribution in [3.05, 3.63) is 155 Å². The van der Waals surface area contributed by atoms with Crippen LogP contribution in [0.5, 0.6) is 0 Å². The number of hydrogen-bond donors (Lipinski definition) is 16. The number of aromatic carboxylic acids is 2. The van der Waals surface area contributed by atoms with Gasteiger partial charge in [-0.2, -0.15) is 23.5 Å². The second-order valence-corrected chi connectivity index (χ2v) is 25.9. The average Bonchev–Trinajstić information content (AvgIpc) is 0.776. The van der Waals surface area contributed by atoms with Gasteiger partial charge in [-0.15, -0.1) is 0 Å². The highest BCUT2D eigenvalue weighted by atomic mass is 32.2. The summed E-state index contributed by atoms with van der Waals surface area (Å²) in [5, 5.41) is 121.